The van der Waals surface area contributed by atoms with Crippen molar-refractivity contribution in [1.29, 1.82) is 0 Å². The molecule has 2 aromatic rings. The van der Waals surface area contributed by atoms with Crippen LogP contribution >= 0.6 is 0 Å². The van der Waals surface area contributed by atoms with Crippen molar-refractivity contribution in [2.75, 3.05) is 6.54 Å². The first kappa shape index (κ1) is 13.1. The van der Waals surface area contributed by atoms with Gasteiger partial charge in [-0.25, -0.2) is 0 Å². The topological polar surface area (TPSA) is 37.4 Å². The van der Waals surface area contributed by atoms with E-state index in [0.29, 0.717) is 23.1 Å². The summed E-state index contributed by atoms with van der Waals surface area (Å²) < 4.78 is 0. The van der Waals surface area contributed by atoms with Gasteiger partial charge in [-0.05, 0) is 19.1 Å². The molecule has 0 unspecified atom stereocenters. The Kier molecular flexibility index (Phi) is 3.52. The van der Waals surface area contributed by atoms with E-state index in [-0.39, 0.29) is 11.8 Å². The van der Waals surface area contributed by atoms with Gasteiger partial charge in [0.25, 0.3) is 11.8 Å². The summed E-state index contributed by atoms with van der Waals surface area (Å²) in [5, 5.41) is 1.46. The summed E-state index contributed by atoms with van der Waals surface area (Å²) in [6, 6.07) is 12.7. The number of rotatable bonds is 1. The van der Waals surface area contributed by atoms with Crippen molar-refractivity contribution < 1.29 is 9.59 Å². The minimum absolute atomic E-state index is 0.227. The van der Waals surface area contributed by atoms with E-state index < -0.39 is 0 Å². The quantitative estimate of drug-likeness (QED) is 0.732. The molecule has 96 valence electrons. The number of carbonyl (C=O) groups is 2. The van der Waals surface area contributed by atoms with Gasteiger partial charge in [0.15, 0.2) is 0 Å². The second-order valence-corrected chi connectivity index (χ2v) is 3.91. The normalized spacial score (nSPS) is 12.9. The van der Waals surface area contributed by atoms with E-state index >= 15 is 0 Å². The van der Waals surface area contributed by atoms with E-state index in [0.717, 1.165) is 5.39 Å². The van der Waals surface area contributed by atoms with E-state index in [1.807, 2.05) is 19.9 Å². The van der Waals surface area contributed by atoms with Gasteiger partial charge >= 0.3 is 0 Å². The van der Waals surface area contributed by atoms with E-state index in [1.165, 1.54) is 4.90 Å². The maximum absolute atomic E-state index is 12.1. The number of hydrogen-bond donors (Lipinski definition) is 0. The van der Waals surface area contributed by atoms with Crippen molar-refractivity contribution in [3.63, 3.8) is 0 Å². The molecule has 0 radical (unpaired) electrons. The van der Waals surface area contributed by atoms with Crippen LogP contribution in [0.3, 0.4) is 0 Å². The molecule has 1 heterocycles. The SMILES string of the molecule is CC.CCN1C(=O)c2cc#cc3cccc(c23)C1=O. The fourth-order valence-electron chi connectivity index (χ4n) is 2.22. The maximum atomic E-state index is 12.1. The summed E-state index contributed by atoms with van der Waals surface area (Å²) >= 11 is 0. The molecule has 0 N–H and O–H groups in total. The van der Waals surface area contributed by atoms with Crippen LogP contribution in [0, 0.1) is 12.1 Å². The van der Waals surface area contributed by atoms with Crippen LogP contribution in [0.2, 0.25) is 0 Å². The molecule has 1 aliphatic rings. The van der Waals surface area contributed by atoms with Crippen LogP contribution in [0.25, 0.3) is 10.8 Å². The van der Waals surface area contributed by atoms with Gasteiger partial charge in [-0.3, -0.25) is 14.5 Å². The number of benzene rings is 1. The molecular formula is C16H15NO2. The molecule has 0 saturated heterocycles. The van der Waals surface area contributed by atoms with Crippen LogP contribution in [0.15, 0.2) is 24.3 Å². The van der Waals surface area contributed by atoms with Crippen molar-refractivity contribution in [2.24, 2.45) is 0 Å². The number of carbonyl (C=O) groups excluding carboxylic acids is 2. The third kappa shape index (κ3) is 1.86. The summed E-state index contributed by atoms with van der Waals surface area (Å²) in [5.74, 6) is -0.471. The highest BCUT2D eigenvalue weighted by atomic mass is 16.2. The lowest BCUT2D eigenvalue weighted by Crippen LogP contribution is -2.39. The zero-order chi connectivity index (χ0) is 14.0. The van der Waals surface area contributed by atoms with Gasteiger partial charge in [0, 0.05) is 28.9 Å². The Morgan fingerprint density at radius 2 is 1.79 bits per heavy atom. The molecule has 2 amide bonds. The standard InChI is InChI=1S/C14H9NO2.C2H6/c1-2-15-13(16)10-7-3-5-9-6-4-8-11(12(9)10)14(15)17;1-2/h3,5,7-8H,2H2,1H3;1-2H3. The van der Waals surface area contributed by atoms with E-state index in [1.54, 1.807) is 25.1 Å². The molecular weight excluding hydrogens is 238 g/mol. The predicted octanol–water partition coefficient (Wildman–Crippen LogP) is 3.08. The van der Waals surface area contributed by atoms with Crippen molar-refractivity contribution in [3.05, 3.63) is 47.5 Å². The Balaban J connectivity index is 0.000000637. The first-order valence-corrected chi connectivity index (χ1v) is 6.45. The summed E-state index contributed by atoms with van der Waals surface area (Å²) in [5.41, 5.74) is 1.11. The van der Waals surface area contributed by atoms with Gasteiger partial charge < -0.3 is 0 Å². The second-order valence-electron chi connectivity index (χ2n) is 3.91. The zero-order valence-electron chi connectivity index (χ0n) is 11.3. The molecule has 0 atom stereocenters. The lowest BCUT2D eigenvalue weighted by Gasteiger charge is -2.25. The fraction of sp³-hybridized carbons (Fsp3) is 0.250. The van der Waals surface area contributed by atoms with Gasteiger partial charge in [0.05, 0.1) is 5.56 Å². The first-order valence-electron chi connectivity index (χ1n) is 6.45. The number of imide groups is 1. The molecule has 2 aromatic carbocycles. The number of amides is 2. The average molecular weight is 253 g/mol. The molecule has 19 heavy (non-hydrogen) atoms. The van der Waals surface area contributed by atoms with Crippen molar-refractivity contribution in [2.45, 2.75) is 20.8 Å². The second kappa shape index (κ2) is 5.11. The molecule has 3 heteroatoms. The minimum atomic E-state index is -0.244. The molecule has 0 aliphatic carbocycles. The highest BCUT2D eigenvalue weighted by Gasteiger charge is 2.31. The average Bonchev–Trinajstić information content (AvgIpc) is 2.47. The molecule has 0 saturated carbocycles. The van der Waals surface area contributed by atoms with Crippen molar-refractivity contribution in [3.8, 4) is 0 Å². The summed E-state index contributed by atoms with van der Waals surface area (Å²) in [6.07, 6.45) is 0. The summed E-state index contributed by atoms with van der Waals surface area (Å²) in [4.78, 5) is 25.5. The Labute approximate surface area is 112 Å². The largest absolute Gasteiger partial charge is 0.275 e. The Morgan fingerprint density at radius 3 is 2.47 bits per heavy atom. The third-order valence-corrected chi connectivity index (χ3v) is 3.02. The minimum Gasteiger partial charge on any atom is -0.275 e. The van der Waals surface area contributed by atoms with E-state index in [4.69, 9.17) is 0 Å². The van der Waals surface area contributed by atoms with Gasteiger partial charge in [-0.1, -0.05) is 32.0 Å². The molecule has 0 aromatic heterocycles. The smallest absolute Gasteiger partial charge is 0.262 e. The molecule has 0 spiro atoms. The van der Waals surface area contributed by atoms with Crippen molar-refractivity contribution >= 4 is 22.6 Å². The summed E-state index contributed by atoms with van der Waals surface area (Å²) in [7, 11) is 0. The van der Waals surface area contributed by atoms with Gasteiger partial charge in [-0.15, -0.1) is 0 Å². The van der Waals surface area contributed by atoms with Crippen LogP contribution in [0.1, 0.15) is 41.5 Å². The highest BCUT2D eigenvalue weighted by Crippen LogP contribution is 2.28. The number of hydrogen-bond acceptors (Lipinski definition) is 2. The lowest BCUT2D eigenvalue weighted by atomic mass is 9.95. The Hall–Kier alpha value is -2.34. The van der Waals surface area contributed by atoms with Crippen LogP contribution < -0.4 is 0 Å². The van der Waals surface area contributed by atoms with Gasteiger partial charge in [0.2, 0.25) is 0 Å². The van der Waals surface area contributed by atoms with Crippen LogP contribution in [0.5, 0.6) is 0 Å². The molecule has 3 nitrogen and oxygen atoms in total. The summed E-state index contributed by atoms with van der Waals surface area (Å²) in [6.45, 7) is 6.17. The number of nitrogens with zero attached hydrogens (tertiary/aromatic N) is 1. The highest BCUT2D eigenvalue weighted by molar-refractivity contribution is 6.25. The monoisotopic (exact) mass is 253 g/mol. The lowest BCUT2D eigenvalue weighted by molar-refractivity contribution is 0.0619. The van der Waals surface area contributed by atoms with Crippen LogP contribution in [-0.4, -0.2) is 23.3 Å². The fourth-order valence-corrected chi connectivity index (χ4v) is 2.22. The zero-order valence-corrected chi connectivity index (χ0v) is 11.3. The van der Waals surface area contributed by atoms with E-state index in [9.17, 15) is 9.59 Å². The van der Waals surface area contributed by atoms with Crippen molar-refractivity contribution in [1.82, 2.24) is 4.90 Å². The molecule has 0 bridgehead atoms. The van der Waals surface area contributed by atoms with Crippen LogP contribution in [0.4, 0.5) is 0 Å². The Morgan fingerprint density at radius 1 is 1.11 bits per heavy atom. The molecule has 1 aliphatic heterocycles. The third-order valence-electron chi connectivity index (χ3n) is 3.02. The maximum Gasteiger partial charge on any atom is 0.262 e. The first-order chi connectivity index (χ1) is 9.24. The van der Waals surface area contributed by atoms with Crippen LogP contribution in [-0.2, 0) is 0 Å². The molecule has 0 fully saturated rings. The Bertz CT molecular complexity index is 595. The van der Waals surface area contributed by atoms with E-state index in [2.05, 4.69) is 12.1 Å². The van der Waals surface area contributed by atoms with Gasteiger partial charge in [0.1, 0.15) is 0 Å². The predicted molar refractivity (Wildman–Crippen MR) is 74.0 cm³/mol. The molecule has 3 rings (SSSR count). The van der Waals surface area contributed by atoms with Gasteiger partial charge in [-0.2, -0.15) is 0 Å².